The van der Waals surface area contributed by atoms with Crippen molar-refractivity contribution in [3.63, 3.8) is 0 Å². The van der Waals surface area contributed by atoms with Crippen molar-refractivity contribution in [1.29, 1.82) is 0 Å². The fourth-order valence-electron chi connectivity index (χ4n) is 4.17. The van der Waals surface area contributed by atoms with E-state index in [2.05, 4.69) is 21.7 Å². The smallest absolute Gasteiger partial charge is 0.265 e. The van der Waals surface area contributed by atoms with Crippen LogP contribution in [0.25, 0.3) is 0 Å². The topological polar surface area (TPSA) is 36.4 Å². The minimum atomic E-state index is 0.231. The summed E-state index contributed by atoms with van der Waals surface area (Å²) in [5.74, 6) is 0.876. The van der Waals surface area contributed by atoms with Crippen molar-refractivity contribution in [3.05, 3.63) is 16.1 Å². The molecule has 22 heavy (non-hydrogen) atoms. The molecule has 3 aliphatic rings. The van der Waals surface area contributed by atoms with Gasteiger partial charge in [-0.15, -0.1) is 11.3 Å². The van der Waals surface area contributed by atoms with E-state index >= 15 is 0 Å². The van der Waals surface area contributed by atoms with Gasteiger partial charge in [0.1, 0.15) is 4.88 Å². The van der Waals surface area contributed by atoms with Crippen molar-refractivity contribution in [2.75, 3.05) is 19.6 Å². The van der Waals surface area contributed by atoms with E-state index in [4.69, 9.17) is 0 Å². The number of amides is 1. The van der Waals surface area contributed by atoms with Crippen LogP contribution in [0.3, 0.4) is 0 Å². The summed E-state index contributed by atoms with van der Waals surface area (Å²) in [7, 11) is 0. The monoisotopic (exact) mass is 319 g/mol. The van der Waals surface area contributed by atoms with Gasteiger partial charge >= 0.3 is 0 Å². The SMILES string of the molecule is CCN1CCCC1C1CCCN1C(=O)c1cnc(C2CC2)s1. The molecule has 0 aromatic carbocycles. The minimum absolute atomic E-state index is 0.231. The van der Waals surface area contributed by atoms with E-state index in [9.17, 15) is 4.79 Å². The molecule has 4 rings (SSSR count). The predicted molar refractivity (Wildman–Crippen MR) is 88.4 cm³/mol. The number of hydrogen-bond acceptors (Lipinski definition) is 4. The van der Waals surface area contributed by atoms with Crippen molar-refractivity contribution in [3.8, 4) is 0 Å². The molecule has 1 aromatic rings. The molecule has 1 saturated carbocycles. The Hall–Kier alpha value is -0.940. The molecule has 2 aliphatic heterocycles. The van der Waals surface area contributed by atoms with Crippen molar-refractivity contribution < 1.29 is 4.79 Å². The average molecular weight is 319 g/mol. The summed E-state index contributed by atoms with van der Waals surface area (Å²) in [6.07, 6.45) is 9.17. The van der Waals surface area contributed by atoms with Crippen molar-refractivity contribution in [2.45, 2.75) is 63.5 Å². The van der Waals surface area contributed by atoms with Crippen LogP contribution in [0.4, 0.5) is 0 Å². The highest BCUT2D eigenvalue weighted by Crippen LogP contribution is 2.42. The summed E-state index contributed by atoms with van der Waals surface area (Å²) >= 11 is 1.63. The normalized spacial score (nSPS) is 29.4. The first kappa shape index (κ1) is 14.6. The number of likely N-dealkylation sites (tertiary alicyclic amines) is 2. The number of thiazole rings is 1. The molecule has 0 bridgehead atoms. The van der Waals surface area contributed by atoms with Crippen molar-refractivity contribution >= 4 is 17.2 Å². The Balaban J connectivity index is 1.50. The Morgan fingerprint density at radius 3 is 2.77 bits per heavy atom. The van der Waals surface area contributed by atoms with Gasteiger partial charge in [0.2, 0.25) is 0 Å². The molecule has 120 valence electrons. The molecule has 1 amide bonds. The van der Waals surface area contributed by atoms with Crippen LogP contribution >= 0.6 is 11.3 Å². The maximum Gasteiger partial charge on any atom is 0.265 e. The molecule has 5 heteroatoms. The second kappa shape index (κ2) is 5.93. The number of aromatic nitrogens is 1. The molecule has 0 spiro atoms. The van der Waals surface area contributed by atoms with Crippen LogP contribution in [0.1, 0.15) is 66.0 Å². The zero-order valence-corrected chi connectivity index (χ0v) is 14.1. The third-order valence-corrected chi connectivity index (χ3v) is 6.63. The molecule has 2 atom stereocenters. The van der Waals surface area contributed by atoms with Crippen LogP contribution in [-0.2, 0) is 0 Å². The molecular weight excluding hydrogens is 294 g/mol. The number of nitrogens with zero attached hydrogens (tertiary/aromatic N) is 3. The summed E-state index contributed by atoms with van der Waals surface area (Å²) in [6.45, 7) is 5.47. The number of carbonyl (C=O) groups is 1. The molecule has 0 N–H and O–H groups in total. The first-order chi connectivity index (χ1) is 10.8. The molecule has 3 fully saturated rings. The Morgan fingerprint density at radius 1 is 1.23 bits per heavy atom. The van der Waals surface area contributed by atoms with Gasteiger partial charge in [0.15, 0.2) is 0 Å². The predicted octanol–water partition coefficient (Wildman–Crippen LogP) is 3.11. The maximum absolute atomic E-state index is 12.9. The van der Waals surface area contributed by atoms with Crippen LogP contribution in [0.5, 0.6) is 0 Å². The molecular formula is C17H25N3OS. The van der Waals surface area contributed by atoms with Gasteiger partial charge in [-0.3, -0.25) is 9.69 Å². The van der Waals surface area contributed by atoms with Gasteiger partial charge in [0, 0.05) is 24.5 Å². The zero-order valence-electron chi connectivity index (χ0n) is 13.3. The third kappa shape index (κ3) is 2.58. The van der Waals surface area contributed by atoms with E-state index < -0.39 is 0 Å². The molecule has 1 aliphatic carbocycles. The Labute approximate surface area is 136 Å². The first-order valence-corrected chi connectivity index (χ1v) is 9.60. The largest absolute Gasteiger partial charge is 0.333 e. The first-order valence-electron chi connectivity index (χ1n) is 8.78. The lowest BCUT2D eigenvalue weighted by atomic mass is 10.0. The van der Waals surface area contributed by atoms with Gasteiger partial charge in [0.05, 0.1) is 11.2 Å². The lowest BCUT2D eigenvalue weighted by molar-refractivity contribution is 0.0654. The third-order valence-electron chi connectivity index (χ3n) is 5.49. The Morgan fingerprint density at radius 2 is 2.00 bits per heavy atom. The van der Waals surface area contributed by atoms with E-state index in [0.29, 0.717) is 18.0 Å². The highest BCUT2D eigenvalue weighted by atomic mass is 32.1. The number of hydrogen-bond donors (Lipinski definition) is 0. The average Bonchev–Trinajstić information content (AvgIpc) is 3.01. The molecule has 4 nitrogen and oxygen atoms in total. The van der Waals surface area contributed by atoms with Gasteiger partial charge in [-0.1, -0.05) is 6.92 Å². The number of rotatable bonds is 4. The van der Waals surface area contributed by atoms with Crippen LogP contribution in [-0.4, -0.2) is 52.4 Å². The highest BCUT2D eigenvalue weighted by Gasteiger charge is 2.40. The fraction of sp³-hybridized carbons (Fsp3) is 0.765. The second-order valence-electron chi connectivity index (χ2n) is 6.88. The van der Waals surface area contributed by atoms with Gasteiger partial charge in [-0.25, -0.2) is 4.98 Å². The summed E-state index contributed by atoms with van der Waals surface area (Å²) in [4.78, 5) is 23.0. The highest BCUT2D eigenvalue weighted by molar-refractivity contribution is 7.13. The van der Waals surface area contributed by atoms with Crippen LogP contribution < -0.4 is 0 Å². The zero-order chi connectivity index (χ0) is 15.1. The maximum atomic E-state index is 12.9. The van der Waals surface area contributed by atoms with Gasteiger partial charge in [-0.2, -0.15) is 0 Å². The molecule has 3 heterocycles. The lowest BCUT2D eigenvalue weighted by Crippen LogP contribution is -2.48. The minimum Gasteiger partial charge on any atom is -0.333 e. The molecule has 0 radical (unpaired) electrons. The molecule has 1 aromatic heterocycles. The van der Waals surface area contributed by atoms with Crippen LogP contribution in [0.2, 0.25) is 0 Å². The van der Waals surface area contributed by atoms with Crippen molar-refractivity contribution in [1.82, 2.24) is 14.8 Å². The van der Waals surface area contributed by atoms with Gasteiger partial charge in [0.25, 0.3) is 5.91 Å². The van der Waals surface area contributed by atoms with E-state index in [0.717, 1.165) is 24.4 Å². The van der Waals surface area contributed by atoms with E-state index in [1.165, 1.54) is 43.7 Å². The summed E-state index contributed by atoms with van der Waals surface area (Å²) in [6, 6.07) is 0.994. The lowest BCUT2D eigenvalue weighted by Gasteiger charge is -2.34. The van der Waals surface area contributed by atoms with E-state index in [1.54, 1.807) is 11.3 Å². The Bertz CT molecular complexity index is 554. The Kier molecular flexibility index (Phi) is 3.95. The van der Waals surface area contributed by atoms with E-state index in [-0.39, 0.29) is 5.91 Å². The number of likely N-dealkylation sites (N-methyl/N-ethyl adjacent to an activating group) is 1. The summed E-state index contributed by atoms with van der Waals surface area (Å²) in [5, 5.41) is 1.18. The quantitative estimate of drug-likeness (QED) is 0.855. The van der Waals surface area contributed by atoms with Crippen molar-refractivity contribution in [2.24, 2.45) is 0 Å². The van der Waals surface area contributed by atoms with E-state index in [1.807, 2.05) is 6.20 Å². The summed E-state index contributed by atoms with van der Waals surface area (Å²) < 4.78 is 0. The van der Waals surface area contributed by atoms with Crippen LogP contribution in [0.15, 0.2) is 6.20 Å². The standard InChI is InChI=1S/C17H25N3OS/c1-2-19-9-3-5-13(19)14-6-4-10-20(14)17(21)15-11-18-16(22-15)12-7-8-12/h11-14H,2-10H2,1H3. The summed E-state index contributed by atoms with van der Waals surface area (Å²) in [5.41, 5.74) is 0. The van der Waals surface area contributed by atoms with Crippen LogP contribution in [0, 0.1) is 0 Å². The fourth-order valence-corrected chi connectivity index (χ4v) is 5.22. The number of carbonyl (C=O) groups excluding carboxylic acids is 1. The van der Waals surface area contributed by atoms with Gasteiger partial charge in [-0.05, 0) is 51.6 Å². The second-order valence-corrected chi connectivity index (χ2v) is 7.95. The molecule has 2 saturated heterocycles. The molecule has 2 unspecified atom stereocenters. The van der Waals surface area contributed by atoms with Gasteiger partial charge < -0.3 is 4.90 Å².